The third kappa shape index (κ3) is 5.08. The highest BCUT2D eigenvalue weighted by atomic mass is 35.5. The Morgan fingerprint density at radius 1 is 1.14 bits per heavy atom. The summed E-state index contributed by atoms with van der Waals surface area (Å²) >= 11 is 6.12. The zero-order valence-electron chi connectivity index (χ0n) is 16.3. The lowest BCUT2D eigenvalue weighted by molar-refractivity contribution is 0.270. The number of fused-ring (bicyclic) bond motifs is 1. The van der Waals surface area contributed by atoms with Crippen molar-refractivity contribution in [2.75, 3.05) is 6.61 Å². The van der Waals surface area contributed by atoms with Crippen LogP contribution >= 0.6 is 11.6 Å². The second kappa shape index (κ2) is 8.84. The Morgan fingerprint density at radius 2 is 1.86 bits per heavy atom. The molecule has 3 rings (SSSR count). The van der Waals surface area contributed by atoms with E-state index in [1.165, 1.54) is 12.1 Å². The van der Waals surface area contributed by atoms with E-state index in [0.717, 1.165) is 18.4 Å². The van der Waals surface area contributed by atoms with E-state index in [1.54, 1.807) is 36.4 Å². The molecule has 0 atom stereocenters. The molecule has 0 fully saturated rings. The predicted octanol–water partition coefficient (Wildman–Crippen LogP) is 5.75. The minimum absolute atomic E-state index is 0.0463. The SMILES string of the molecule is C=C(OCCCC)c1cc2cc(Cl)ccc2c(OS(=O)(=O)c2ccc(C)cc2)n1. The molecule has 3 aromatic rings. The molecule has 29 heavy (non-hydrogen) atoms. The van der Waals surface area contributed by atoms with Gasteiger partial charge in [-0.3, -0.25) is 0 Å². The first-order chi connectivity index (χ1) is 13.8. The first-order valence-corrected chi connectivity index (χ1v) is 11.0. The Labute approximate surface area is 176 Å². The predicted molar refractivity (Wildman–Crippen MR) is 116 cm³/mol. The molecule has 7 heteroatoms. The van der Waals surface area contributed by atoms with E-state index in [4.69, 9.17) is 20.5 Å². The Morgan fingerprint density at radius 3 is 2.55 bits per heavy atom. The minimum atomic E-state index is -4.06. The lowest BCUT2D eigenvalue weighted by Gasteiger charge is -2.13. The molecule has 0 aliphatic rings. The number of ether oxygens (including phenoxy) is 1. The van der Waals surface area contributed by atoms with Crippen molar-refractivity contribution in [1.82, 2.24) is 4.98 Å². The van der Waals surface area contributed by atoms with Gasteiger partial charge in [0.1, 0.15) is 16.3 Å². The fourth-order valence-corrected chi connectivity index (χ4v) is 3.76. The van der Waals surface area contributed by atoms with Crippen molar-refractivity contribution in [3.05, 3.63) is 71.4 Å². The van der Waals surface area contributed by atoms with Crippen LogP contribution in [0, 0.1) is 6.92 Å². The van der Waals surface area contributed by atoms with Crippen LogP contribution in [-0.2, 0) is 14.9 Å². The van der Waals surface area contributed by atoms with Crippen LogP contribution in [0.3, 0.4) is 0 Å². The number of unbranched alkanes of at least 4 members (excludes halogenated alkanes) is 1. The van der Waals surface area contributed by atoms with Gasteiger partial charge in [0.15, 0.2) is 0 Å². The Hall–Kier alpha value is -2.57. The lowest BCUT2D eigenvalue weighted by Crippen LogP contribution is -2.11. The van der Waals surface area contributed by atoms with E-state index in [-0.39, 0.29) is 10.8 Å². The maximum atomic E-state index is 12.8. The van der Waals surface area contributed by atoms with Crippen LogP contribution in [0.1, 0.15) is 31.0 Å². The molecular formula is C22H22ClNO4S. The zero-order chi connectivity index (χ0) is 21.0. The van der Waals surface area contributed by atoms with Gasteiger partial charge in [0, 0.05) is 10.4 Å². The van der Waals surface area contributed by atoms with Crippen LogP contribution in [0.5, 0.6) is 5.88 Å². The summed E-state index contributed by atoms with van der Waals surface area (Å²) in [5.74, 6) is 0.299. The molecule has 0 saturated heterocycles. The monoisotopic (exact) mass is 431 g/mol. The Balaban J connectivity index is 2.03. The Bertz CT molecular complexity index is 1140. The lowest BCUT2D eigenvalue weighted by atomic mass is 10.1. The minimum Gasteiger partial charge on any atom is -0.492 e. The third-order valence-corrected chi connectivity index (χ3v) is 5.78. The fourth-order valence-electron chi connectivity index (χ4n) is 2.67. The summed E-state index contributed by atoms with van der Waals surface area (Å²) in [5, 5.41) is 1.71. The van der Waals surface area contributed by atoms with Gasteiger partial charge in [-0.1, -0.05) is 49.2 Å². The summed E-state index contributed by atoms with van der Waals surface area (Å²) < 4.78 is 36.6. The zero-order valence-corrected chi connectivity index (χ0v) is 17.9. The molecule has 0 spiro atoms. The topological polar surface area (TPSA) is 65.5 Å². The Kier molecular flexibility index (Phi) is 6.45. The van der Waals surface area contributed by atoms with Crippen LogP contribution in [0.15, 0.2) is 60.0 Å². The average molecular weight is 432 g/mol. The van der Waals surface area contributed by atoms with Gasteiger partial charge in [0.2, 0.25) is 5.88 Å². The van der Waals surface area contributed by atoms with Crippen molar-refractivity contribution < 1.29 is 17.3 Å². The third-order valence-electron chi connectivity index (χ3n) is 4.32. The van der Waals surface area contributed by atoms with Crippen molar-refractivity contribution in [2.24, 2.45) is 0 Å². The van der Waals surface area contributed by atoms with E-state index >= 15 is 0 Å². The molecule has 0 radical (unpaired) electrons. The van der Waals surface area contributed by atoms with E-state index in [2.05, 4.69) is 18.5 Å². The number of benzene rings is 2. The smallest absolute Gasteiger partial charge is 0.340 e. The van der Waals surface area contributed by atoms with Gasteiger partial charge in [0.25, 0.3) is 0 Å². The number of pyridine rings is 1. The highest BCUT2D eigenvalue weighted by Crippen LogP contribution is 2.31. The molecule has 0 unspecified atom stereocenters. The number of hydrogen-bond acceptors (Lipinski definition) is 5. The maximum Gasteiger partial charge on any atom is 0.340 e. The summed E-state index contributed by atoms with van der Waals surface area (Å²) in [7, 11) is -4.06. The van der Waals surface area contributed by atoms with Gasteiger partial charge in [0.05, 0.1) is 6.61 Å². The number of rotatable bonds is 8. The molecule has 0 saturated carbocycles. The molecule has 0 bridgehead atoms. The largest absolute Gasteiger partial charge is 0.492 e. The number of aryl methyl sites for hydroxylation is 1. The molecule has 0 aliphatic heterocycles. The van der Waals surface area contributed by atoms with E-state index in [1.807, 2.05) is 6.92 Å². The van der Waals surface area contributed by atoms with Gasteiger partial charge in [-0.15, -0.1) is 0 Å². The first kappa shape index (κ1) is 21.1. The van der Waals surface area contributed by atoms with E-state index in [0.29, 0.717) is 33.9 Å². The normalized spacial score (nSPS) is 11.4. The number of nitrogens with zero attached hydrogens (tertiary/aromatic N) is 1. The van der Waals surface area contributed by atoms with Crippen molar-refractivity contribution in [3.8, 4) is 5.88 Å². The number of hydrogen-bond donors (Lipinski definition) is 0. The van der Waals surface area contributed by atoms with Crippen molar-refractivity contribution in [3.63, 3.8) is 0 Å². The standard InChI is InChI=1S/C22H22ClNO4S/c1-4-5-12-27-16(3)21-14-17-13-18(23)8-11-20(17)22(24-21)28-29(25,26)19-9-6-15(2)7-10-19/h6-11,13-14H,3-5,12H2,1-2H3. The quantitative estimate of drug-likeness (QED) is 0.258. The molecule has 2 aromatic carbocycles. The number of halogens is 1. The second-order valence-electron chi connectivity index (χ2n) is 6.65. The van der Waals surface area contributed by atoms with Crippen LogP contribution in [0.2, 0.25) is 5.02 Å². The summed E-state index contributed by atoms with van der Waals surface area (Å²) in [6.07, 6.45) is 1.86. The number of aromatic nitrogens is 1. The molecule has 0 amide bonds. The molecule has 0 aliphatic carbocycles. The fraction of sp³-hybridized carbons (Fsp3) is 0.227. The van der Waals surface area contributed by atoms with Crippen LogP contribution in [0.4, 0.5) is 0 Å². The van der Waals surface area contributed by atoms with Crippen molar-refractivity contribution in [2.45, 2.75) is 31.6 Å². The van der Waals surface area contributed by atoms with E-state index in [9.17, 15) is 8.42 Å². The van der Waals surface area contributed by atoms with Crippen LogP contribution < -0.4 is 4.18 Å². The summed E-state index contributed by atoms with van der Waals surface area (Å²) in [4.78, 5) is 4.42. The molecule has 0 N–H and O–H groups in total. The molecule has 5 nitrogen and oxygen atoms in total. The van der Waals surface area contributed by atoms with Crippen molar-refractivity contribution >= 4 is 38.3 Å². The van der Waals surface area contributed by atoms with Crippen LogP contribution in [-0.4, -0.2) is 20.0 Å². The van der Waals surface area contributed by atoms with Gasteiger partial charge in [-0.05, 0) is 55.1 Å². The summed E-state index contributed by atoms with van der Waals surface area (Å²) in [6.45, 7) is 8.35. The summed E-state index contributed by atoms with van der Waals surface area (Å²) in [5.41, 5.74) is 1.34. The van der Waals surface area contributed by atoms with Crippen molar-refractivity contribution in [1.29, 1.82) is 0 Å². The van der Waals surface area contributed by atoms with Crippen LogP contribution in [0.25, 0.3) is 16.5 Å². The first-order valence-electron chi connectivity index (χ1n) is 9.23. The highest BCUT2D eigenvalue weighted by molar-refractivity contribution is 7.87. The van der Waals surface area contributed by atoms with Gasteiger partial charge in [-0.2, -0.15) is 8.42 Å². The maximum absolute atomic E-state index is 12.8. The highest BCUT2D eigenvalue weighted by Gasteiger charge is 2.20. The molecule has 152 valence electrons. The van der Waals surface area contributed by atoms with E-state index < -0.39 is 10.1 Å². The molecule has 1 aromatic heterocycles. The summed E-state index contributed by atoms with van der Waals surface area (Å²) in [6, 6.07) is 13.2. The second-order valence-corrected chi connectivity index (χ2v) is 8.64. The van der Waals surface area contributed by atoms with Gasteiger partial charge in [-0.25, -0.2) is 4.98 Å². The van der Waals surface area contributed by atoms with Gasteiger partial charge >= 0.3 is 10.1 Å². The molecule has 1 heterocycles. The average Bonchev–Trinajstić information content (AvgIpc) is 2.67. The van der Waals surface area contributed by atoms with Gasteiger partial charge < -0.3 is 8.92 Å². The molecular weight excluding hydrogens is 410 g/mol.